The summed E-state index contributed by atoms with van der Waals surface area (Å²) in [5.74, 6) is 2.48. The van der Waals surface area contributed by atoms with Crippen LogP contribution in [0, 0.1) is 26.7 Å². The normalized spacial score (nSPS) is 13.6. The van der Waals surface area contributed by atoms with Crippen molar-refractivity contribution in [2.24, 2.45) is 10.9 Å². The molecule has 0 atom stereocenters. The molecule has 0 aliphatic heterocycles. The van der Waals surface area contributed by atoms with Crippen LogP contribution in [0.25, 0.3) is 0 Å². The van der Waals surface area contributed by atoms with E-state index in [1.54, 1.807) is 7.11 Å². The molecule has 1 aliphatic rings. The van der Waals surface area contributed by atoms with Gasteiger partial charge in [0.05, 0.1) is 32.0 Å². The fourth-order valence-corrected chi connectivity index (χ4v) is 3.48. The van der Waals surface area contributed by atoms with Gasteiger partial charge in [-0.2, -0.15) is 5.10 Å². The molecule has 1 aromatic carbocycles. The Morgan fingerprint density at radius 3 is 2.69 bits per heavy atom. The van der Waals surface area contributed by atoms with Crippen LogP contribution in [0.15, 0.2) is 23.2 Å². The number of aliphatic imine (C=N–C) groups is 1. The number of halogens is 1. The molecule has 0 radical (unpaired) electrons. The van der Waals surface area contributed by atoms with E-state index in [0.29, 0.717) is 19.7 Å². The molecule has 1 aromatic heterocycles. The number of ether oxygens (including phenoxy) is 2. The number of nitrogens with one attached hydrogen (secondary N) is 2. The molecule has 2 N–H and O–H groups in total. The number of benzene rings is 1. The van der Waals surface area contributed by atoms with E-state index in [0.717, 1.165) is 54.3 Å². The van der Waals surface area contributed by atoms with Crippen molar-refractivity contribution in [2.75, 3.05) is 26.9 Å². The fraction of sp³-hybridized carbons (Fsp3) is 0.583. The van der Waals surface area contributed by atoms with Crippen molar-refractivity contribution in [1.82, 2.24) is 20.4 Å². The molecule has 0 saturated heterocycles. The first-order chi connectivity index (χ1) is 15.0. The minimum Gasteiger partial charge on any atom is -0.493 e. The van der Waals surface area contributed by atoms with Gasteiger partial charge in [0.2, 0.25) is 0 Å². The van der Waals surface area contributed by atoms with E-state index in [1.165, 1.54) is 24.0 Å². The van der Waals surface area contributed by atoms with Crippen molar-refractivity contribution in [3.05, 3.63) is 46.3 Å². The molecule has 1 saturated carbocycles. The number of hydrogen-bond acceptors (Lipinski definition) is 4. The van der Waals surface area contributed by atoms with Gasteiger partial charge in [-0.3, -0.25) is 4.68 Å². The van der Waals surface area contributed by atoms with Gasteiger partial charge in [-0.05, 0) is 58.1 Å². The Labute approximate surface area is 209 Å². The zero-order valence-corrected chi connectivity index (χ0v) is 22.4. The first kappa shape index (κ1) is 26.4. The highest BCUT2D eigenvalue weighted by molar-refractivity contribution is 14.0. The third-order valence-corrected chi connectivity index (χ3v) is 5.62. The number of guanidine groups is 1. The molecule has 1 aliphatic carbocycles. The number of rotatable bonds is 11. The SMILES string of the molecule is CCNC(=NCc1ccc(C)cc1OCC1CC1)NCc1c(C)nn(CCOC)c1C.I. The van der Waals surface area contributed by atoms with Gasteiger partial charge in [0, 0.05) is 37.0 Å². The summed E-state index contributed by atoms with van der Waals surface area (Å²) in [7, 11) is 1.71. The first-order valence-electron chi connectivity index (χ1n) is 11.3. The molecule has 3 rings (SSSR count). The molecule has 0 amide bonds. The molecular formula is C24H38IN5O2. The maximum atomic E-state index is 6.10. The van der Waals surface area contributed by atoms with Gasteiger partial charge in [0.25, 0.3) is 0 Å². The smallest absolute Gasteiger partial charge is 0.191 e. The lowest BCUT2D eigenvalue weighted by molar-refractivity contribution is 0.182. The average Bonchev–Trinajstić information content (AvgIpc) is 3.54. The Bertz CT molecular complexity index is 893. The lowest BCUT2D eigenvalue weighted by atomic mass is 10.1. The van der Waals surface area contributed by atoms with Crippen LogP contribution in [0.5, 0.6) is 5.75 Å². The van der Waals surface area contributed by atoms with Gasteiger partial charge >= 0.3 is 0 Å². The second-order valence-electron chi connectivity index (χ2n) is 8.28. The van der Waals surface area contributed by atoms with Crippen molar-refractivity contribution < 1.29 is 9.47 Å². The van der Waals surface area contributed by atoms with Crippen molar-refractivity contribution in [1.29, 1.82) is 0 Å². The van der Waals surface area contributed by atoms with E-state index >= 15 is 0 Å². The Morgan fingerprint density at radius 2 is 2.00 bits per heavy atom. The van der Waals surface area contributed by atoms with Crippen molar-refractivity contribution in [3.8, 4) is 5.75 Å². The highest BCUT2D eigenvalue weighted by Gasteiger charge is 2.22. The largest absolute Gasteiger partial charge is 0.493 e. The topological polar surface area (TPSA) is 72.7 Å². The summed E-state index contributed by atoms with van der Waals surface area (Å²) in [5.41, 5.74) is 5.71. The standard InChI is InChI=1S/C24H37N5O2.HI/c1-6-25-24(27-15-22-18(3)28-29(19(22)4)11-12-30-5)26-14-21-10-7-17(2)13-23(21)31-16-20-8-9-20;/h7,10,13,20H,6,8-9,11-12,14-16H2,1-5H3,(H2,25,26,27);1H. The molecule has 0 spiro atoms. The predicted molar refractivity (Wildman–Crippen MR) is 140 cm³/mol. The van der Waals surface area contributed by atoms with Crippen LogP contribution < -0.4 is 15.4 Å². The summed E-state index contributed by atoms with van der Waals surface area (Å²) in [6.45, 7) is 12.6. The zero-order valence-electron chi connectivity index (χ0n) is 20.0. The second kappa shape index (κ2) is 13.0. The Morgan fingerprint density at radius 1 is 1.22 bits per heavy atom. The maximum absolute atomic E-state index is 6.10. The second-order valence-corrected chi connectivity index (χ2v) is 8.28. The Balaban J connectivity index is 0.00000363. The number of aromatic nitrogens is 2. The van der Waals surface area contributed by atoms with Crippen LogP contribution in [-0.2, 0) is 24.4 Å². The fourth-order valence-electron chi connectivity index (χ4n) is 3.48. The third kappa shape index (κ3) is 7.65. The van der Waals surface area contributed by atoms with Crippen molar-refractivity contribution in [3.63, 3.8) is 0 Å². The highest BCUT2D eigenvalue weighted by Crippen LogP contribution is 2.31. The van der Waals surface area contributed by atoms with Crippen LogP contribution >= 0.6 is 24.0 Å². The Kier molecular flexibility index (Phi) is 10.8. The van der Waals surface area contributed by atoms with Crippen LogP contribution in [0.2, 0.25) is 0 Å². The summed E-state index contributed by atoms with van der Waals surface area (Å²) in [6.07, 6.45) is 2.57. The van der Waals surface area contributed by atoms with Crippen LogP contribution in [0.1, 0.15) is 47.8 Å². The summed E-state index contributed by atoms with van der Waals surface area (Å²) < 4.78 is 13.3. The minimum atomic E-state index is 0. The van der Waals surface area contributed by atoms with Crippen molar-refractivity contribution in [2.45, 2.75) is 60.2 Å². The molecule has 7 nitrogen and oxygen atoms in total. The zero-order chi connectivity index (χ0) is 22.2. The van der Waals surface area contributed by atoms with E-state index in [2.05, 4.69) is 54.7 Å². The van der Waals surface area contributed by atoms with Gasteiger partial charge in [-0.15, -0.1) is 24.0 Å². The third-order valence-electron chi connectivity index (χ3n) is 5.62. The molecule has 0 unspecified atom stereocenters. The molecule has 8 heteroatoms. The molecule has 32 heavy (non-hydrogen) atoms. The van der Waals surface area contributed by atoms with Gasteiger partial charge in [-0.1, -0.05) is 12.1 Å². The molecule has 1 fully saturated rings. The minimum absolute atomic E-state index is 0. The van der Waals surface area contributed by atoms with E-state index in [4.69, 9.17) is 14.5 Å². The van der Waals surface area contributed by atoms with E-state index in [9.17, 15) is 0 Å². The highest BCUT2D eigenvalue weighted by atomic mass is 127. The number of nitrogens with zero attached hydrogens (tertiary/aromatic N) is 3. The number of hydrogen-bond donors (Lipinski definition) is 2. The lowest BCUT2D eigenvalue weighted by Gasteiger charge is -2.14. The number of methoxy groups -OCH3 is 1. The van der Waals surface area contributed by atoms with E-state index in [1.807, 2.05) is 11.6 Å². The van der Waals surface area contributed by atoms with Crippen molar-refractivity contribution >= 4 is 29.9 Å². The first-order valence-corrected chi connectivity index (χ1v) is 11.3. The quantitative estimate of drug-likeness (QED) is 0.248. The number of aryl methyl sites for hydroxylation is 2. The molecule has 0 bridgehead atoms. The summed E-state index contributed by atoms with van der Waals surface area (Å²) in [5, 5.41) is 11.5. The average molecular weight is 556 g/mol. The van der Waals surface area contributed by atoms with Gasteiger partial charge < -0.3 is 20.1 Å². The van der Waals surface area contributed by atoms with E-state index < -0.39 is 0 Å². The van der Waals surface area contributed by atoms with Gasteiger partial charge in [0.15, 0.2) is 5.96 Å². The molecule has 2 aromatic rings. The maximum Gasteiger partial charge on any atom is 0.191 e. The molecule has 178 valence electrons. The molecule has 1 heterocycles. The van der Waals surface area contributed by atoms with Crippen LogP contribution in [0.4, 0.5) is 0 Å². The van der Waals surface area contributed by atoms with Crippen LogP contribution in [-0.4, -0.2) is 42.6 Å². The summed E-state index contributed by atoms with van der Waals surface area (Å²) in [6, 6.07) is 6.36. The molecular weight excluding hydrogens is 517 g/mol. The lowest BCUT2D eigenvalue weighted by Crippen LogP contribution is -2.37. The summed E-state index contributed by atoms with van der Waals surface area (Å²) in [4.78, 5) is 4.81. The van der Waals surface area contributed by atoms with Crippen LogP contribution in [0.3, 0.4) is 0 Å². The van der Waals surface area contributed by atoms with Gasteiger partial charge in [-0.25, -0.2) is 4.99 Å². The Hall–Kier alpha value is -1.81. The predicted octanol–water partition coefficient (Wildman–Crippen LogP) is 4.12. The monoisotopic (exact) mass is 555 g/mol. The van der Waals surface area contributed by atoms with E-state index in [-0.39, 0.29) is 24.0 Å². The van der Waals surface area contributed by atoms with Gasteiger partial charge in [0.1, 0.15) is 5.75 Å². The summed E-state index contributed by atoms with van der Waals surface area (Å²) >= 11 is 0.